The zero-order valence-electron chi connectivity index (χ0n) is 6.94. The van der Waals surface area contributed by atoms with Crippen LogP contribution in [0.1, 0.15) is 18.4 Å². The Hall–Kier alpha value is -0.880. The number of hydrogen-bond donors (Lipinski definition) is 0. The van der Waals surface area contributed by atoms with Gasteiger partial charge < -0.3 is 0 Å². The number of benzene rings is 1. The molecule has 0 spiro atoms. The fourth-order valence-corrected chi connectivity index (χ4v) is 1.33. The van der Waals surface area contributed by atoms with Crippen molar-refractivity contribution in [2.24, 2.45) is 0 Å². The van der Waals surface area contributed by atoms with Gasteiger partial charge in [0, 0.05) is 11.5 Å². The van der Waals surface area contributed by atoms with Crippen LogP contribution in [0.15, 0.2) is 16.6 Å². The predicted octanol–water partition coefficient (Wildman–Crippen LogP) is 3.46. The van der Waals surface area contributed by atoms with Crippen molar-refractivity contribution in [2.45, 2.75) is 12.8 Å². The molecule has 0 aromatic heterocycles. The zero-order chi connectivity index (χ0) is 10.0. The molecule has 0 saturated carbocycles. The van der Waals surface area contributed by atoms with Crippen LogP contribution in [0.4, 0.5) is 8.78 Å². The summed E-state index contributed by atoms with van der Waals surface area (Å²) in [6.45, 7) is 1.68. The molecule has 0 N–H and O–H groups in total. The summed E-state index contributed by atoms with van der Waals surface area (Å²) in [6.07, 6.45) is 5.14. The molecule has 68 valence electrons. The molecule has 0 amide bonds. The van der Waals surface area contributed by atoms with Crippen LogP contribution < -0.4 is 0 Å². The molecule has 1 rings (SSSR count). The first-order chi connectivity index (χ1) is 6.07. The Labute approximate surface area is 84.1 Å². The minimum atomic E-state index is -0.620. The van der Waals surface area contributed by atoms with E-state index in [9.17, 15) is 8.78 Å². The summed E-state index contributed by atoms with van der Waals surface area (Å²) in [7, 11) is 0. The maximum absolute atomic E-state index is 13.3. The average molecular weight is 245 g/mol. The van der Waals surface area contributed by atoms with Gasteiger partial charge >= 0.3 is 0 Å². The summed E-state index contributed by atoms with van der Waals surface area (Å²) in [5, 5.41) is 0. The maximum Gasteiger partial charge on any atom is 0.144 e. The first kappa shape index (κ1) is 10.2. The molecule has 0 saturated heterocycles. The van der Waals surface area contributed by atoms with Crippen molar-refractivity contribution in [3.8, 4) is 12.3 Å². The summed E-state index contributed by atoms with van der Waals surface area (Å²) in [6, 6.07) is 2.55. The van der Waals surface area contributed by atoms with Gasteiger partial charge in [-0.3, -0.25) is 0 Å². The van der Waals surface area contributed by atoms with Crippen LogP contribution >= 0.6 is 15.9 Å². The van der Waals surface area contributed by atoms with Crippen LogP contribution in [-0.2, 0) is 0 Å². The van der Waals surface area contributed by atoms with Gasteiger partial charge in [-0.25, -0.2) is 8.78 Å². The Kier molecular flexibility index (Phi) is 3.05. The van der Waals surface area contributed by atoms with Crippen molar-refractivity contribution in [1.82, 2.24) is 0 Å². The minimum Gasteiger partial charge on any atom is -0.206 e. The first-order valence-corrected chi connectivity index (χ1v) is 4.46. The Morgan fingerprint density at radius 2 is 2.08 bits per heavy atom. The maximum atomic E-state index is 13.3. The highest BCUT2D eigenvalue weighted by Crippen LogP contribution is 2.26. The molecule has 0 aliphatic heterocycles. The average Bonchev–Trinajstić information content (AvgIpc) is 2.13. The monoisotopic (exact) mass is 244 g/mol. The van der Waals surface area contributed by atoms with E-state index in [4.69, 9.17) is 6.42 Å². The number of rotatable bonds is 1. The van der Waals surface area contributed by atoms with Gasteiger partial charge in [0.25, 0.3) is 0 Å². The van der Waals surface area contributed by atoms with Gasteiger partial charge in [-0.1, -0.05) is 12.0 Å². The van der Waals surface area contributed by atoms with Crippen LogP contribution in [0.3, 0.4) is 0 Å². The lowest BCUT2D eigenvalue weighted by Gasteiger charge is -2.07. The van der Waals surface area contributed by atoms with Crippen molar-refractivity contribution in [2.75, 3.05) is 0 Å². The Morgan fingerprint density at radius 3 is 2.62 bits per heavy atom. The summed E-state index contributed by atoms with van der Waals surface area (Å²) < 4.78 is 25.9. The molecule has 1 atom stereocenters. The van der Waals surface area contributed by atoms with Crippen LogP contribution in [0.25, 0.3) is 0 Å². The highest BCUT2D eigenvalue weighted by atomic mass is 79.9. The lowest BCUT2D eigenvalue weighted by Crippen LogP contribution is -1.97. The third-order valence-corrected chi connectivity index (χ3v) is 2.51. The largest absolute Gasteiger partial charge is 0.206 e. The number of terminal acetylenes is 1. The molecular weight excluding hydrogens is 238 g/mol. The quantitative estimate of drug-likeness (QED) is 0.525. The lowest BCUT2D eigenvalue weighted by atomic mass is 10.0. The van der Waals surface area contributed by atoms with E-state index in [0.717, 1.165) is 0 Å². The van der Waals surface area contributed by atoms with E-state index in [1.165, 1.54) is 12.1 Å². The highest BCUT2D eigenvalue weighted by Gasteiger charge is 2.14. The van der Waals surface area contributed by atoms with E-state index in [0.29, 0.717) is 5.56 Å². The molecule has 0 nitrogen and oxygen atoms in total. The molecule has 1 aromatic carbocycles. The van der Waals surface area contributed by atoms with Gasteiger partial charge in [0.1, 0.15) is 11.6 Å². The first-order valence-electron chi connectivity index (χ1n) is 3.67. The molecule has 0 bridgehead atoms. The Balaban J connectivity index is 3.28. The van der Waals surface area contributed by atoms with Crippen molar-refractivity contribution in [1.29, 1.82) is 0 Å². The van der Waals surface area contributed by atoms with E-state index in [1.54, 1.807) is 6.92 Å². The third kappa shape index (κ3) is 1.89. The third-order valence-electron chi connectivity index (χ3n) is 1.78. The molecule has 0 aliphatic carbocycles. The highest BCUT2D eigenvalue weighted by molar-refractivity contribution is 9.10. The Morgan fingerprint density at radius 1 is 1.46 bits per heavy atom. The molecule has 1 unspecified atom stereocenters. The second kappa shape index (κ2) is 3.89. The van der Waals surface area contributed by atoms with Gasteiger partial charge in [-0.15, -0.1) is 6.42 Å². The normalized spacial score (nSPS) is 12.2. The molecule has 0 radical (unpaired) electrons. The molecule has 3 heteroatoms. The fourth-order valence-electron chi connectivity index (χ4n) is 0.965. The predicted molar refractivity (Wildman–Crippen MR) is 51.3 cm³/mol. The Bertz CT molecular complexity index is 366. The molecule has 0 aliphatic rings. The van der Waals surface area contributed by atoms with Gasteiger partial charge in [-0.05, 0) is 28.9 Å². The van der Waals surface area contributed by atoms with Crippen molar-refractivity contribution >= 4 is 15.9 Å². The standard InChI is InChI=1S/C10H7BrF2/c1-3-6(2)7-4-5-8(12)9(11)10(7)13/h1,4-6H,2H3. The van der Waals surface area contributed by atoms with Gasteiger partial charge in [0.05, 0.1) is 4.47 Å². The van der Waals surface area contributed by atoms with Crippen molar-refractivity contribution < 1.29 is 8.78 Å². The smallest absolute Gasteiger partial charge is 0.144 e. The fraction of sp³-hybridized carbons (Fsp3) is 0.200. The van der Waals surface area contributed by atoms with E-state index < -0.39 is 11.6 Å². The second-order valence-electron chi connectivity index (χ2n) is 2.65. The van der Waals surface area contributed by atoms with Gasteiger partial charge in [0.15, 0.2) is 0 Å². The molecule has 1 aromatic rings. The number of halogens is 3. The van der Waals surface area contributed by atoms with E-state index in [2.05, 4.69) is 21.9 Å². The van der Waals surface area contributed by atoms with Crippen LogP contribution in [0.2, 0.25) is 0 Å². The van der Waals surface area contributed by atoms with Crippen molar-refractivity contribution in [3.05, 3.63) is 33.8 Å². The van der Waals surface area contributed by atoms with E-state index >= 15 is 0 Å². The van der Waals surface area contributed by atoms with Gasteiger partial charge in [0.2, 0.25) is 0 Å². The SMILES string of the molecule is C#CC(C)c1ccc(F)c(Br)c1F. The van der Waals surface area contributed by atoms with Crippen molar-refractivity contribution in [3.63, 3.8) is 0 Å². The minimum absolute atomic E-state index is 0.160. The summed E-state index contributed by atoms with van der Waals surface area (Å²) >= 11 is 2.81. The van der Waals surface area contributed by atoms with Crippen LogP contribution in [0.5, 0.6) is 0 Å². The summed E-state index contributed by atoms with van der Waals surface area (Å²) in [4.78, 5) is 0. The molecule has 13 heavy (non-hydrogen) atoms. The van der Waals surface area contributed by atoms with Crippen LogP contribution in [0, 0.1) is 24.0 Å². The van der Waals surface area contributed by atoms with E-state index in [1.807, 2.05) is 0 Å². The number of hydrogen-bond acceptors (Lipinski definition) is 0. The topological polar surface area (TPSA) is 0 Å². The summed E-state index contributed by atoms with van der Waals surface area (Å²) in [5.41, 5.74) is 0.329. The van der Waals surface area contributed by atoms with Gasteiger partial charge in [-0.2, -0.15) is 0 Å². The molecular formula is C10H7BrF2. The molecule has 0 fully saturated rings. The molecule has 0 heterocycles. The lowest BCUT2D eigenvalue weighted by molar-refractivity contribution is 0.559. The van der Waals surface area contributed by atoms with E-state index in [-0.39, 0.29) is 10.4 Å². The summed E-state index contributed by atoms with van der Waals surface area (Å²) in [5.74, 6) is 0.795. The second-order valence-corrected chi connectivity index (χ2v) is 3.45. The van der Waals surface area contributed by atoms with Crippen LogP contribution in [-0.4, -0.2) is 0 Å². The zero-order valence-corrected chi connectivity index (χ0v) is 8.53.